The molecule has 6 heteroatoms. The first-order valence-corrected chi connectivity index (χ1v) is 10.9. The number of benzene rings is 2. The van der Waals surface area contributed by atoms with Gasteiger partial charge in [0.15, 0.2) is 5.13 Å². The molecule has 146 valence electrons. The van der Waals surface area contributed by atoms with Crippen molar-refractivity contribution in [1.29, 1.82) is 0 Å². The molecule has 0 atom stereocenters. The number of nitrogens with zero attached hydrogens (tertiary/aromatic N) is 3. The second kappa shape index (κ2) is 8.19. The van der Waals surface area contributed by atoms with E-state index in [0.29, 0.717) is 11.6 Å². The molecule has 0 saturated heterocycles. The molecule has 0 spiro atoms. The maximum absolute atomic E-state index is 13.4. The number of carbonyl (C=O) groups excluding carboxylic acids is 1. The highest BCUT2D eigenvalue weighted by Crippen LogP contribution is 2.32. The maximum atomic E-state index is 13.4. The van der Waals surface area contributed by atoms with E-state index in [-0.39, 0.29) is 5.91 Å². The third-order valence-corrected chi connectivity index (χ3v) is 6.46. The van der Waals surface area contributed by atoms with Gasteiger partial charge in [-0.2, -0.15) is 0 Å². The summed E-state index contributed by atoms with van der Waals surface area (Å²) in [5, 5.41) is 1.41. The zero-order chi connectivity index (χ0) is 19.7. The number of rotatable bonds is 5. The van der Waals surface area contributed by atoms with Gasteiger partial charge in [-0.25, -0.2) is 4.98 Å². The Kier molecular flexibility index (Phi) is 5.67. The molecule has 1 heterocycles. The standard InChI is InChI=1S/C22H24ClN3OS/c1-25(2)11-12-26(22-24-19-10-9-18(23)14-20(19)28-22)21(27)17-8-7-15-5-3-4-6-16(15)13-17/h7-10,13-14H,3-6,11-12H2,1-2H3. The number of aromatic nitrogens is 1. The zero-order valence-corrected chi connectivity index (χ0v) is 17.8. The quantitative estimate of drug-likeness (QED) is 0.588. The Labute approximate surface area is 174 Å². The zero-order valence-electron chi connectivity index (χ0n) is 16.2. The van der Waals surface area contributed by atoms with Crippen LogP contribution in [0.5, 0.6) is 0 Å². The molecule has 2 aromatic carbocycles. The molecule has 28 heavy (non-hydrogen) atoms. The predicted molar refractivity (Wildman–Crippen MR) is 118 cm³/mol. The number of amides is 1. The van der Waals surface area contributed by atoms with E-state index in [1.165, 1.54) is 35.3 Å². The topological polar surface area (TPSA) is 36.4 Å². The minimum atomic E-state index is 0.0142. The Morgan fingerprint density at radius 2 is 1.86 bits per heavy atom. The first-order valence-electron chi connectivity index (χ1n) is 9.66. The van der Waals surface area contributed by atoms with Gasteiger partial charge in [0, 0.05) is 23.7 Å². The van der Waals surface area contributed by atoms with E-state index >= 15 is 0 Å². The van der Waals surface area contributed by atoms with Crippen LogP contribution in [0.15, 0.2) is 36.4 Å². The van der Waals surface area contributed by atoms with Crippen molar-refractivity contribution in [3.63, 3.8) is 0 Å². The number of likely N-dealkylation sites (N-methyl/N-ethyl adjacent to an activating group) is 1. The molecule has 0 N–H and O–H groups in total. The van der Waals surface area contributed by atoms with Crippen LogP contribution in [-0.4, -0.2) is 43.0 Å². The second-order valence-corrected chi connectivity index (χ2v) is 9.00. The summed E-state index contributed by atoms with van der Waals surface area (Å²) >= 11 is 7.64. The number of anilines is 1. The van der Waals surface area contributed by atoms with E-state index in [1.54, 1.807) is 0 Å². The van der Waals surface area contributed by atoms with Gasteiger partial charge in [0.05, 0.1) is 10.2 Å². The Bertz CT molecular complexity index is 1010. The Hall–Kier alpha value is -1.95. The Balaban J connectivity index is 1.69. The molecule has 4 nitrogen and oxygen atoms in total. The highest BCUT2D eigenvalue weighted by Gasteiger charge is 2.23. The van der Waals surface area contributed by atoms with Gasteiger partial charge in [-0.05, 0) is 81.2 Å². The van der Waals surface area contributed by atoms with E-state index < -0.39 is 0 Å². The summed E-state index contributed by atoms with van der Waals surface area (Å²) in [6.45, 7) is 1.36. The molecule has 4 rings (SSSR count). The molecule has 0 aliphatic heterocycles. The van der Waals surface area contributed by atoms with Crippen molar-refractivity contribution in [2.24, 2.45) is 0 Å². The van der Waals surface area contributed by atoms with Crippen molar-refractivity contribution >= 4 is 44.2 Å². The van der Waals surface area contributed by atoms with E-state index in [1.807, 2.05) is 43.3 Å². The summed E-state index contributed by atoms with van der Waals surface area (Å²) in [7, 11) is 4.03. The number of aryl methyl sites for hydroxylation is 2. The average Bonchev–Trinajstić information content (AvgIpc) is 3.10. The van der Waals surface area contributed by atoms with E-state index in [4.69, 9.17) is 16.6 Å². The van der Waals surface area contributed by atoms with E-state index in [0.717, 1.165) is 40.3 Å². The van der Waals surface area contributed by atoms with Crippen LogP contribution in [0.4, 0.5) is 5.13 Å². The van der Waals surface area contributed by atoms with Gasteiger partial charge in [0.2, 0.25) is 0 Å². The summed E-state index contributed by atoms with van der Waals surface area (Å²) in [6, 6.07) is 11.8. The van der Waals surface area contributed by atoms with Crippen molar-refractivity contribution < 1.29 is 4.79 Å². The Morgan fingerprint density at radius 3 is 2.64 bits per heavy atom. The van der Waals surface area contributed by atoms with Crippen LogP contribution in [0, 0.1) is 0 Å². The second-order valence-electron chi connectivity index (χ2n) is 7.56. The lowest BCUT2D eigenvalue weighted by atomic mass is 9.90. The van der Waals surface area contributed by atoms with Crippen molar-refractivity contribution in [2.75, 3.05) is 32.1 Å². The van der Waals surface area contributed by atoms with E-state index in [9.17, 15) is 4.79 Å². The lowest BCUT2D eigenvalue weighted by Crippen LogP contribution is -2.36. The molecular formula is C22H24ClN3OS. The van der Waals surface area contributed by atoms with Crippen LogP contribution in [-0.2, 0) is 12.8 Å². The molecule has 1 aliphatic carbocycles. The first-order chi connectivity index (χ1) is 13.5. The SMILES string of the molecule is CN(C)CCN(C(=O)c1ccc2c(c1)CCCC2)c1nc2ccc(Cl)cc2s1. The summed E-state index contributed by atoms with van der Waals surface area (Å²) in [4.78, 5) is 22.0. The van der Waals surface area contributed by atoms with Gasteiger partial charge in [-0.15, -0.1) is 0 Å². The van der Waals surface area contributed by atoms with Gasteiger partial charge in [0.25, 0.3) is 5.91 Å². The van der Waals surface area contributed by atoms with Crippen LogP contribution in [0.3, 0.4) is 0 Å². The molecule has 0 saturated carbocycles. The molecule has 0 fully saturated rings. The normalized spacial score (nSPS) is 13.7. The fourth-order valence-corrected chi connectivity index (χ4v) is 4.87. The minimum absolute atomic E-state index is 0.0142. The largest absolute Gasteiger partial charge is 0.308 e. The summed E-state index contributed by atoms with van der Waals surface area (Å²) in [5.74, 6) is 0.0142. The van der Waals surface area contributed by atoms with Crippen LogP contribution < -0.4 is 4.90 Å². The van der Waals surface area contributed by atoms with Crippen molar-refractivity contribution in [2.45, 2.75) is 25.7 Å². The molecular weight excluding hydrogens is 390 g/mol. The lowest BCUT2D eigenvalue weighted by Gasteiger charge is -2.23. The third-order valence-electron chi connectivity index (χ3n) is 5.18. The van der Waals surface area contributed by atoms with Gasteiger partial charge in [-0.3, -0.25) is 9.69 Å². The fourth-order valence-electron chi connectivity index (χ4n) is 3.61. The van der Waals surface area contributed by atoms with Gasteiger partial charge in [0.1, 0.15) is 0 Å². The molecule has 0 unspecified atom stereocenters. The highest BCUT2D eigenvalue weighted by molar-refractivity contribution is 7.22. The van der Waals surface area contributed by atoms with Crippen molar-refractivity contribution in [3.05, 3.63) is 58.1 Å². The number of hydrogen-bond acceptors (Lipinski definition) is 4. The maximum Gasteiger partial charge on any atom is 0.260 e. The summed E-state index contributed by atoms with van der Waals surface area (Å²) in [5.41, 5.74) is 4.33. The number of fused-ring (bicyclic) bond motifs is 2. The molecule has 0 radical (unpaired) electrons. The third kappa shape index (κ3) is 4.07. The van der Waals surface area contributed by atoms with Crippen molar-refractivity contribution in [1.82, 2.24) is 9.88 Å². The van der Waals surface area contributed by atoms with Crippen molar-refractivity contribution in [3.8, 4) is 0 Å². The predicted octanol–water partition coefficient (Wildman–Crippen LogP) is 5.04. The van der Waals surface area contributed by atoms with Crippen LogP contribution in [0.2, 0.25) is 5.02 Å². The monoisotopic (exact) mass is 413 g/mol. The van der Waals surface area contributed by atoms with Gasteiger partial charge in [-0.1, -0.05) is 29.0 Å². The number of carbonyl (C=O) groups is 1. The molecule has 1 amide bonds. The fraction of sp³-hybridized carbons (Fsp3) is 0.364. The molecule has 3 aromatic rings. The number of hydrogen-bond donors (Lipinski definition) is 0. The number of thiazole rings is 1. The average molecular weight is 414 g/mol. The molecule has 1 aliphatic rings. The minimum Gasteiger partial charge on any atom is -0.308 e. The first kappa shape index (κ1) is 19.4. The summed E-state index contributed by atoms with van der Waals surface area (Å²) in [6.07, 6.45) is 4.62. The van der Waals surface area contributed by atoms with Gasteiger partial charge < -0.3 is 4.90 Å². The lowest BCUT2D eigenvalue weighted by molar-refractivity contribution is 0.0985. The van der Waals surface area contributed by atoms with Crippen LogP contribution in [0.25, 0.3) is 10.2 Å². The highest BCUT2D eigenvalue weighted by atomic mass is 35.5. The van der Waals surface area contributed by atoms with Gasteiger partial charge >= 0.3 is 0 Å². The Morgan fingerprint density at radius 1 is 1.07 bits per heavy atom. The molecule has 0 bridgehead atoms. The number of halogens is 1. The summed E-state index contributed by atoms with van der Waals surface area (Å²) < 4.78 is 0.996. The van der Waals surface area contributed by atoms with Crippen LogP contribution in [0.1, 0.15) is 34.3 Å². The van der Waals surface area contributed by atoms with E-state index in [2.05, 4.69) is 17.0 Å². The van der Waals surface area contributed by atoms with Crippen LogP contribution >= 0.6 is 22.9 Å². The molecule has 1 aromatic heterocycles. The smallest absolute Gasteiger partial charge is 0.260 e.